The molecule has 1 N–H and O–H groups in total. The fourth-order valence-corrected chi connectivity index (χ4v) is 3.00. The van der Waals surface area contributed by atoms with Crippen molar-refractivity contribution in [3.8, 4) is 0 Å². The topological polar surface area (TPSA) is 54.3 Å². The van der Waals surface area contributed by atoms with Gasteiger partial charge in [-0.1, -0.05) is 45.9 Å². The Labute approximate surface area is 161 Å². The van der Waals surface area contributed by atoms with Crippen LogP contribution in [0.4, 0.5) is 0 Å². The van der Waals surface area contributed by atoms with E-state index >= 15 is 0 Å². The van der Waals surface area contributed by atoms with Crippen LogP contribution >= 0.6 is 12.4 Å². The van der Waals surface area contributed by atoms with Gasteiger partial charge in [-0.15, -0.1) is 12.4 Å². The van der Waals surface area contributed by atoms with Crippen LogP contribution in [0.2, 0.25) is 0 Å². The highest BCUT2D eigenvalue weighted by Gasteiger charge is 2.16. The first kappa shape index (κ1) is 22.2. The number of carbonyl (C=O) groups excluding carboxylic acids is 1. The molecule has 26 heavy (non-hydrogen) atoms. The summed E-state index contributed by atoms with van der Waals surface area (Å²) in [6, 6.07) is 9.43. The summed E-state index contributed by atoms with van der Waals surface area (Å²) in [6.45, 7) is 12.1. The van der Waals surface area contributed by atoms with Crippen LogP contribution in [-0.2, 0) is 6.54 Å². The molecule has 144 valence electrons. The number of aromatic nitrogens is 1. The molecule has 2 rings (SSSR count). The van der Waals surface area contributed by atoms with E-state index in [-0.39, 0.29) is 29.4 Å². The highest BCUT2D eigenvalue weighted by atomic mass is 35.5. The molecule has 0 aliphatic carbocycles. The van der Waals surface area contributed by atoms with Crippen molar-refractivity contribution in [2.45, 2.75) is 34.2 Å². The van der Waals surface area contributed by atoms with E-state index in [4.69, 9.17) is 0 Å². The first-order chi connectivity index (χ1) is 12.0. The zero-order valence-corrected chi connectivity index (χ0v) is 16.9. The molecule has 0 radical (unpaired) electrons. The zero-order chi connectivity index (χ0) is 18.4. The molecule has 2 aromatic rings. The summed E-state index contributed by atoms with van der Waals surface area (Å²) in [5.41, 5.74) is 0.882. The fourth-order valence-electron chi connectivity index (χ4n) is 3.00. The van der Waals surface area contributed by atoms with E-state index in [1.54, 1.807) is 10.6 Å². The number of rotatable bonds is 8. The lowest BCUT2D eigenvalue weighted by Gasteiger charge is -2.18. The summed E-state index contributed by atoms with van der Waals surface area (Å²) in [7, 11) is 0. The average Bonchev–Trinajstić information content (AvgIpc) is 2.60. The normalized spacial score (nSPS) is 11.0. The van der Waals surface area contributed by atoms with Gasteiger partial charge in [0.05, 0.1) is 5.52 Å². The Morgan fingerprint density at radius 2 is 1.85 bits per heavy atom. The van der Waals surface area contributed by atoms with Crippen molar-refractivity contribution >= 4 is 29.2 Å². The molecule has 1 heterocycles. The summed E-state index contributed by atoms with van der Waals surface area (Å²) < 4.78 is 1.72. The first-order valence-electron chi connectivity index (χ1n) is 9.11. The standard InChI is InChI=1S/C20H29N3O2.ClH/c1-5-22(6-2)12-11-21-19(24)17-13-16-9-7-8-10-18(16)23(20(17)25)14-15(3)4;/h7-10,13,15H,5-6,11-12,14H2,1-4H3,(H,21,24);1H. The molecule has 0 unspecified atom stereocenters. The van der Waals surface area contributed by atoms with Crippen molar-refractivity contribution in [2.75, 3.05) is 26.2 Å². The third-order valence-electron chi connectivity index (χ3n) is 4.40. The van der Waals surface area contributed by atoms with Crippen molar-refractivity contribution in [2.24, 2.45) is 5.92 Å². The minimum absolute atomic E-state index is 0. The smallest absolute Gasteiger partial charge is 0.263 e. The number of pyridine rings is 1. The third-order valence-corrected chi connectivity index (χ3v) is 4.40. The van der Waals surface area contributed by atoms with E-state index in [0.29, 0.717) is 19.0 Å². The lowest BCUT2D eigenvalue weighted by Crippen LogP contribution is -2.38. The molecule has 0 bridgehead atoms. The number of likely N-dealkylation sites (N-methyl/N-ethyl adjacent to an activating group) is 1. The fraction of sp³-hybridized carbons (Fsp3) is 0.500. The van der Waals surface area contributed by atoms with E-state index in [9.17, 15) is 9.59 Å². The molecule has 0 saturated heterocycles. The molecule has 0 fully saturated rings. The highest BCUT2D eigenvalue weighted by molar-refractivity contribution is 5.97. The third kappa shape index (κ3) is 5.32. The van der Waals surface area contributed by atoms with Crippen LogP contribution in [0.25, 0.3) is 10.9 Å². The maximum Gasteiger partial charge on any atom is 0.263 e. The van der Waals surface area contributed by atoms with Crippen molar-refractivity contribution in [1.29, 1.82) is 0 Å². The number of hydrogen-bond donors (Lipinski definition) is 1. The number of halogens is 1. The van der Waals surface area contributed by atoms with Crippen molar-refractivity contribution in [1.82, 2.24) is 14.8 Å². The Bertz CT molecular complexity index is 782. The number of benzene rings is 1. The number of nitrogens with zero attached hydrogens (tertiary/aromatic N) is 2. The molecule has 5 nitrogen and oxygen atoms in total. The second kappa shape index (κ2) is 10.3. The Hall–Kier alpha value is -1.85. The number of carbonyl (C=O) groups is 1. The van der Waals surface area contributed by atoms with Gasteiger partial charge in [0.1, 0.15) is 5.56 Å². The van der Waals surface area contributed by atoms with E-state index in [0.717, 1.165) is 30.5 Å². The predicted molar refractivity (Wildman–Crippen MR) is 110 cm³/mol. The Kier molecular flexibility index (Phi) is 8.82. The molecule has 0 spiro atoms. The highest BCUT2D eigenvalue weighted by Crippen LogP contribution is 2.15. The molecule has 0 aliphatic heterocycles. The molecular weight excluding hydrogens is 350 g/mol. The van der Waals surface area contributed by atoms with Crippen molar-refractivity contribution in [3.63, 3.8) is 0 Å². The summed E-state index contributed by atoms with van der Waals surface area (Å²) in [4.78, 5) is 27.7. The van der Waals surface area contributed by atoms with Crippen LogP contribution in [0, 0.1) is 5.92 Å². The zero-order valence-electron chi connectivity index (χ0n) is 16.1. The molecule has 1 aromatic carbocycles. The van der Waals surface area contributed by atoms with Gasteiger partial charge in [-0.2, -0.15) is 0 Å². The van der Waals surface area contributed by atoms with Crippen LogP contribution in [0.3, 0.4) is 0 Å². The van der Waals surface area contributed by atoms with Crippen LogP contribution < -0.4 is 10.9 Å². The number of hydrogen-bond acceptors (Lipinski definition) is 3. The Balaban J connectivity index is 0.00000338. The molecule has 0 saturated carbocycles. The van der Waals surface area contributed by atoms with Gasteiger partial charge in [0.15, 0.2) is 0 Å². The summed E-state index contributed by atoms with van der Waals surface area (Å²) in [5, 5.41) is 3.80. The quantitative estimate of drug-likeness (QED) is 0.766. The number of fused-ring (bicyclic) bond motifs is 1. The van der Waals surface area contributed by atoms with Gasteiger partial charge in [-0.3, -0.25) is 9.59 Å². The lowest BCUT2D eigenvalue weighted by atomic mass is 10.1. The van der Waals surface area contributed by atoms with Crippen molar-refractivity contribution in [3.05, 3.63) is 46.2 Å². The maximum absolute atomic E-state index is 12.9. The number of amides is 1. The minimum Gasteiger partial charge on any atom is -0.351 e. The Morgan fingerprint density at radius 1 is 1.19 bits per heavy atom. The molecule has 0 atom stereocenters. The minimum atomic E-state index is -0.291. The van der Waals surface area contributed by atoms with Gasteiger partial charge in [-0.05, 0) is 36.5 Å². The molecular formula is C20H30ClN3O2. The second-order valence-corrected chi connectivity index (χ2v) is 6.71. The van der Waals surface area contributed by atoms with Crippen LogP contribution in [0.1, 0.15) is 38.1 Å². The number of para-hydroxylation sites is 1. The lowest BCUT2D eigenvalue weighted by molar-refractivity contribution is 0.0947. The maximum atomic E-state index is 12.9. The first-order valence-corrected chi connectivity index (χ1v) is 9.11. The summed E-state index contributed by atoms with van der Waals surface area (Å²) >= 11 is 0. The molecule has 1 aromatic heterocycles. The molecule has 1 amide bonds. The van der Waals surface area contributed by atoms with E-state index in [1.807, 2.05) is 24.3 Å². The molecule has 0 aliphatic rings. The van der Waals surface area contributed by atoms with E-state index < -0.39 is 0 Å². The molecule has 6 heteroatoms. The van der Waals surface area contributed by atoms with Gasteiger partial charge >= 0.3 is 0 Å². The average molecular weight is 380 g/mol. The van der Waals surface area contributed by atoms with Crippen LogP contribution in [0.5, 0.6) is 0 Å². The Morgan fingerprint density at radius 3 is 2.46 bits per heavy atom. The monoisotopic (exact) mass is 379 g/mol. The van der Waals surface area contributed by atoms with Gasteiger partial charge < -0.3 is 14.8 Å². The number of nitrogens with one attached hydrogen (secondary N) is 1. The largest absolute Gasteiger partial charge is 0.351 e. The van der Waals surface area contributed by atoms with Crippen LogP contribution in [0.15, 0.2) is 35.1 Å². The van der Waals surface area contributed by atoms with Gasteiger partial charge in [-0.25, -0.2) is 0 Å². The van der Waals surface area contributed by atoms with E-state index in [2.05, 4.69) is 37.9 Å². The second-order valence-electron chi connectivity index (χ2n) is 6.71. The SMILES string of the molecule is CCN(CC)CCNC(=O)c1cc2ccccc2n(CC(C)C)c1=O.Cl. The van der Waals surface area contributed by atoms with E-state index in [1.165, 1.54) is 0 Å². The predicted octanol–water partition coefficient (Wildman–Crippen LogP) is 3.15. The van der Waals surface area contributed by atoms with Crippen LogP contribution in [-0.4, -0.2) is 41.6 Å². The summed E-state index contributed by atoms with van der Waals surface area (Å²) in [6.07, 6.45) is 0. The van der Waals surface area contributed by atoms with Gasteiger partial charge in [0.2, 0.25) is 0 Å². The van der Waals surface area contributed by atoms with Crippen molar-refractivity contribution < 1.29 is 4.79 Å². The summed E-state index contributed by atoms with van der Waals surface area (Å²) in [5.74, 6) is 0.0301. The van der Waals surface area contributed by atoms with Gasteiger partial charge in [0.25, 0.3) is 11.5 Å². The van der Waals surface area contributed by atoms with Gasteiger partial charge in [0, 0.05) is 19.6 Å².